The number of aliphatic hydroxyl groups is 1. The highest BCUT2D eigenvalue weighted by Gasteiger charge is 2.44. The van der Waals surface area contributed by atoms with Crippen LogP contribution in [0.5, 0.6) is 0 Å². The molecule has 5 heteroatoms. The van der Waals surface area contributed by atoms with E-state index >= 15 is 0 Å². The maximum absolute atomic E-state index is 13.1. The number of hydrogen-bond acceptors (Lipinski definition) is 4. The first kappa shape index (κ1) is 25.3. The van der Waals surface area contributed by atoms with E-state index in [2.05, 4.69) is 72.8 Å². The van der Waals surface area contributed by atoms with Gasteiger partial charge in [0, 0.05) is 24.4 Å². The molecular formula is C30H35NO3S. The van der Waals surface area contributed by atoms with Crippen LogP contribution in [0.1, 0.15) is 50.3 Å². The smallest absolute Gasteiger partial charge is 0.410 e. The molecular weight excluding hydrogens is 454 g/mol. The lowest BCUT2D eigenvalue weighted by atomic mass is 9.84. The highest BCUT2D eigenvalue weighted by Crippen LogP contribution is 2.52. The highest BCUT2D eigenvalue weighted by molar-refractivity contribution is 8.01. The molecule has 2 unspecified atom stereocenters. The van der Waals surface area contributed by atoms with Crippen molar-refractivity contribution in [2.24, 2.45) is 0 Å². The van der Waals surface area contributed by atoms with E-state index in [0.29, 0.717) is 13.0 Å². The Morgan fingerprint density at radius 1 is 0.886 bits per heavy atom. The van der Waals surface area contributed by atoms with Crippen LogP contribution in [0.3, 0.4) is 0 Å². The van der Waals surface area contributed by atoms with Crippen LogP contribution in [0.2, 0.25) is 0 Å². The Morgan fingerprint density at radius 3 is 1.74 bits per heavy atom. The molecule has 0 aromatic heterocycles. The number of amides is 1. The van der Waals surface area contributed by atoms with E-state index in [0.717, 1.165) is 6.42 Å². The first-order chi connectivity index (χ1) is 16.8. The molecule has 0 radical (unpaired) electrons. The zero-order valence-electron chi connectivity index (χ0n) is 20.8. The van der Waals surface area contributed by atoms with E-state index in [4.69, 9.17) is 4.74 Å². The van der Waals surface area contributed by atoms with E-state index in [1.54, 1.807) is 0 Å². The Labute approximate surface area is 213 Å². The molecule has 1 fully saturated rings. The minimum Gasteiger partial charge on any atom is -0.444 e. The molecule has 1 saturated heterocycles. The van der Waals surface area contributed by atoms with Gasteiger partial charge in [-0.15, -0.1) is 11.8 Å². The second kappa shape index (κ2) is 10.9. The van der Waals surface area contributed by atoms with Gasteiger partial charge < -0.3 is 14.7 Å². The predicted molar refractivity (Wildman–Crippen MR) is 144 cm³/mol. The minimum absolute atomic E-state index is 0.0442. The molecule has 3 aromatic rings. The zero-order valence-corrected chi connectivity index (χ0v) is 21.6. The molecule has 35 heavy (non-hydrogen) atoms. The summed E-state index contributed by atoms with van der Waals surface area (Å²) in [6.45, 7) is 6.29. The van der Waals surface area contributed by atoms with Crippen molar-refractivity contribution in [3.63, 3.8) is 0 Å². The minimum atomic E-state index is -0.562. The van der Waals surface area contributed by atoms with E-state index < -0.39 is 10.3 Å². The monoisotopic (exact) mass is 489 g/mol. The Morgan fingerprint density at radius 2 is 1.34 bits per heavy atom. The molecule has 0 aliphatic carbocycles. The number of carbonyl (C=O) groups excluding carboxylic acids is 1. The summed E-state index contributed by atoms with van der Waals surface area (Å²) >= 11 is 1.90. The lowest BCUT2D eigenvalue weighted by Crippen LogP contribution is -2.40. The number of carbonyl (C=O) groups is 1. The third-order valence-corrected chi connectivity index (χ3v) is 8.09. The Hall–Kier alpha value is -2.76. The molecule has 4 rings (SSSR count). The van der Waals surface area contributed by atoms with Gasteiger partial charge >= 0.3 is 6.09 Å². The summed E-state index contributed by atoms with van der Waals surface area (Å²) in [5.41, 5.74) is 3.05. The average Bonchev–Trinajstić information content (AvgIpc) is 3.26. The van der Waals surface area contributed by atoms with Crippen LogP contribution in [0.4, 0.5) is 4.79 Å². The second-order valence-corrected chi connectivity index (χ2v) is 11.6. The third kappa shape index (κ3) is 5.74. The van der Waals surface area contributed by atoms with Crippen LogP contribution in [0.15, 0.2) is 91.0 Å². The Kier molecular flexibility index (Phi) is 7.88. The molecule has 0 spiro atoms. The van der Waals surface area contributed by atoms with Crippen LogP contribution in [-0.2, 0) is 9.48 Å². The molecule has 1 aliphatic heterocycles. The van der Waals surface area contributed by atoms with Crippen molar-refractivity contribution in [3.8, 4) is 0 Å². The van der Waals surface area contributed by atoms with Crippen molar-refractivity contribution in [2.75, 3.05) is 13.2 Å². The number of rotatable bonds is 7. The van der Waals surface area contributed by atoms with E-state index in [1.807, 2.05) is 55.6 Å². The molecule has 3 aromatic carbocycles. The van der Waals surface area contributed by atoms with Crippen LogP contribution in [0.25, 0.3) is 0 Å². The summed E-state index contributed by atoms with van der Waals surface area (Å²) in [7, 11) is 0. The van der Waals surface area contributed by atoms with Gasteiger partial charge in [0.05, 0.1) is 4.75 Å². The van der Waals surface area contributed by atoms with Gasteiger partial charge in [-0.3, -0.25) is 0 Å². The van der Waals surface area contributed by atoms with Crippen LogP contribution in [0, 0.1) is 0 Å². The van der Waals surface area contributed by atoms with Gasteiger partial charge in [0.2, 0.25) is 0 Å². The van der Waals surface area contributed by atoms with Crippen LogP contribution in [-0.4, -0.2) is 46.1 Å². The zero-order chi connectivity index (χ0) is 24.9. The van der Waals surface area contributed by atoms with Gasteiger partial charge in [-0.05, 0) is 50.3 Å². The van der Waals surface area contributed by atoms with Gasteiger partial charge in [-0.2, -0.15) is 0 Å². The number of hydrogen-bond donors (Lipinski definition) is 1. The molecule has 1 aliphatic rings. The standard InChI is InChI=1S/C30H35NO3S/c1-29(2,3)34-28(33)31-22-27(21-26(31)19-20-32)35-30(23-13-7-4-8-14-23,24-15-9-5-10-16-24)25-17-11-6-12-18-25/h4-18,26-27,32H,19-22H2,1-3H3. The van der Waals surface area contributed by atoms with Gasteiger partial charge in [0.25, 0.3) is 0 Å². The average molecular weight is 490 g/mol. The van der Waals surface area contributed by atoms with Crippen molar-refractivity contribution in [3.05, 3.63) is 108 Å². The fraction of sp³-hybridized carbons (Fsp3) is 0.367. The van der Waals surface area contributed by atoms with Crippen molar-refractivity contribution in [1.29, 1.82) is 0 Å². The van der Waals surface area contributed by atoms with Crippen molar-refractivity contribution in [1.82, 2.24) is 4.90 Å². The van der Waals surface area contributed by atoms with Crippen molar-refractivity contribution < 1.29 is 14.6 Å². The van der Waals surface area contributed by atoms with E-state index in [9.17, 15) is 9.90 Å². The maximum atomic E-state index is 13.1. The highest BCUT2D eigenvalue weighted by atomic mass is 32.2. The van der Waals surface area contributed by atoms with Crippen LogP contribution < -0.4 is 0 Å². The van der Waals surface area contributed by atoms with Gasteiger partial charge in [0.15, 0.2) is 0 Å². The number of nitrogens with zero attached hydrogens (tertiary/aromatic N) is 1. The largest absolute Gasteiger partial charge is 0.444 e. The summed E-state index contributed by atoms with van der Waals surface area (Å²) in [5, 5.41) is 9.89. The first-order valence-electron chi connectivity index (χ1n) is 12.3. The van der Waals surface area contributed by atoms with Gasteiger partial charge in [-0.1, -0.05) is 91.0 Å². The summed E-state index contributed by atoms with van der Waals surface area (Å²) in [6, 6.07) is 31.8. The number of likely N-dealkylation sites (tertiary alicyclic amines) is 1. The maximum Gasteiger partial charge on any atom is 0.410 e. The van der Waals surface area contributed by atoms with Crippen LogP contribution >= 0.6 is 11.8 Å². The molecule has 0 bridgehead atoms. The SMILES string of the molecule is CC(C)(C)OC(=O)N1CC(SC(c2ccccc2)(c2ccccc2)c2ccccc2)CC1CCO. The fourth-order valence-electron chi connectivity index (χ4n) is 4.90. The molecule has 1 amide bonds. The lowest BCUT2D eigenvalue weighted by Gasteiger charge is -2.37. The second-order valence-electron chi connectivity index (χ2n) is 10.1. The number of benzene rings is 3. The van der Waals surface area contributed by atoms with Gasteiger partial charge in [0.1, 0.15) is 5.60 Å². The third-order valence-electron chi connectivity index (χ3n) is 6.35. The normalized spacial score (nSPS) is 18.5. The molecule has 2 atom stereocenters. The van der Waals surface area contributed by atoms with Crippen molar-refractivity contribution in [2.45, 2.75) is 55.3 Å². The number of aliphatic hydroxyl groups excluding tert-OH is 1. The predicted octanol–water partition coefficient (Wildman–Crippen LogP) is 6.47. The Bertz CT molecular complexity index is 986. The fourth-order valence-corrected chi connectivity index (χ4v) is 6.77. The molecule has 184 valence electrons. The van der Waals surface area contributed by atoms with E-state index in [-0.39, 0.29) is 24.0 Å². The lowest BCUT2D eigenvalue weighted by molar-refractivity contribution is 0.0209. The summed E-state index contributed by atoms with van der Waals surface area (Å²) in [4.78, 5) is 14.9. The Balaban J connectivity index is 1.76. The first-order valence-corrected chi connectivity index (χ1v) is 13.2. The molecule has 4 nitrogen and oxygen atoms in total. The topological polar surface area (TPSA) is 49.8 Å². The quantitative estimate of drug-likeness (QED) is 0.386. The van der Waals surface area contributed by atoms with Crippen molar-refractivity contribution >= 4 is 17.9 Å². The summed E-state index contributed by atoms with van der Waals surface area (Å²) in [5.74, 6) is 0. The summed E-state index contributed by atoms with van der Waals surface area (Å²) < 4.78 is 5.28. The molecule has 1 N–H and O–H groups in total. The molecule has 0 saturated carbocycles. The summed E-state index contributed by atoms with van der Waals surface area (Å²) in [6.07, 6.45) is 1.05. The van der Waals surface area contributed by atoms with E-state index in [1.165, 1.54) is 16.7 Å². The molecule has 1 heterocycles. The number of ether oxygens (including phenoxy) is 1. The van der Waals surface area contributed by atoms with Gasteiger partial charge in [-0.25, -0.2) is 4.79 Å². The number of thioether (sulfide) groups is 1.